The molecule has 1 amide bonds. The molecule has 0 atom stereocenters. The Morgan fingerprint density at radius 1 is 1.19 bits per heavy atom. The zero-order valence-corrected chi connectivity index (χ0v) is 16.4. The molecule has 0 radical (unpaired) electrons. The molecule has 1 N–H and O–H groups in total. The van der Waals surface area contributed by atoms with E-state index in [0.29, 0.717) is 27.3 Å². The lowest BCUT2D eigenvalue weighted by molar-refractivity contribution is 0.0785. The molecule has 3 heterocycles. The first-order chi connectivity index (χ1) is 13.0. The van der Waals surface area contributed by atoms with E-state index >= 15 is 0 Å². The number of para-hydroxylation sites is 1. The first-order valence-electron chi connectivity index (χ1n) is 8.27. The van der Waals surface area contributed by atoms with Gasteiger partial charge in [-0.05, 0) is 30.5 Å². The first kappa shape index (κ1) is 17.6. The number of amides is 1. The summed E-state index contributed by atoms with van der Waals surface area (Å²) in [7, 11) is 1.70. The molecule has 8 heteroatoms. The third-order valence-corrected chi connectivity index (χ3v) is 6.30. The molecule has 4 rings (SSSR count). The van der Waals surface area contributed by atoms with Crippen LogP contribution in [0.25, 0.3) is 20.8 Å². The molecular weight excluding hydrogens is 380 g/mol. The number of aryl methyl sites for hydroxylation is 1. The molecule has 27 heavy (non-hydrogen) atoms. The number of carbonyl (C=O) groups is 1. The van der Waals surface area contributed by atoms with Gasteiger partial charge < -0.3 is 9.88 Å². The molecule has 1 aromatic carbocycles. The molecule has 0 aliphatic carbocycles. The number of aromatic amines is 1. The van der Waals surface area contributed by atoms with Crippen molar-refractivity contribution in [1.29, 1.82) is 0 Å². The fraction of sp³-hybridized carbons (Fsp3) is 0.158. The van der Waals surface area contributed by atoms with Crippen molar-refractivity contribution < 1.29 is 4.79 Å². The van der Waals surface area contributed by atoms with E-state index < -0.39 is 0 Å². The van der Waals surface area contributed by atoms with Gasteiger partial charge in [-0.1, -0.05) is 18.2 Å². The fourth-order valence-corrected chi connectivity index (χ4v) is 4.64. The molecule has 0 spiro atoms. The summed E-state index contributed by atoms with van der Waals surface area (Å²) in [6, 6.07) is 11.1. The second-order valence-electron chi connectivity index (χ2n) is 6.10. The van der Waals surface area contributed by atoms with Crippen LogP contribution in [0.4, 0.5) is 0 Å². The van der Waals surface area contributed by atoms with Crippen molar-refractivity contribution in [3.8, 4) is 9.88 Å². The standard InChI is InChI=1S/C19H16N4O2S2/c1-11-16(27-18(20-11)14-8-5-9-26-14)19(25)23(2)10-15-21-13-7-4-3-6-12(13)17(24)22-15/h3-9H,10H2,1-2H3,(H,21,22,24). The maximum Gasteiger partial charge on any atom is 0.266 e. The van der Waals surface area contributed by atoms with E-state index in [9.17, 15) is 9.59 Å². The maximum absolute atomic E-state index is 12.9. The Kier molecular flexibility index (Phi) is 4.59. The topological polar surface area (TPSA) is 79.0 Å². The van der Waals surface area contributed by atoms with Crippen LogP contribution in [0.1, 0.15) is 21.2 Å². The normalized spacial score (nSPS) is 11.0. The highest BCUT2D eigenvalue weighted by molar-refractivity contribution is 7.22. The first-order valence-corrected chi connectivity index (χ1v) is 9.97. The van der Waals surface area contributed by atoms with Crippen LogP contribution in [0, 0.1) is 6.92 Å². The third-order valence-electron chi connectivity index (χ3n) is 4.12. The number of hydrogen-bond acceptors (Lipinski definition) is 6. The summed E-state index contributed by atoms with van der Waals surface area (Å²) in [6.45, 7) is 2.05. The average molecular weight is 396 g/mol. The number of rotatable bonds is 4. The van der Waals surface area contributed by atoms with Crippen molar-refractivity contribution in [2.45, 2.75) is 13.5 Å². The zero-order valence-electron chi connectivity index (χ0n) is 14.7. The fourth-order valence-electron chi connectivity index (χ4n) is 2.78. The van der Waals surface area contributed by atoms with Gasteiger partial charge in [-0.15, -0.1) is 22.7 Å². The molecule has 0 fully saturated rings. The molecule has 136 valence electrons. The minimum absolute atomic E-state index is 0.136. The van der Waals surface area contributed by atoms with E-state index in [1.54, 1.807) is 41.5 Å². The summed E-state index contributed by atoms with van der Waals surface area (Å²) in [5.74, 6) is 0.318. The second-order valence-corrected chi connectivity index (χ2v) is 8.05. The van der Waals surface area contributed by atoms with Crippen molar-refractivity contribution in [1.82, 2.24) is 19.9 Å². The van der Waals surface area contributed by atoms with E-state index in [2.05, 4.69) is 15.0 Å². The van der Waals surface area contributed by atoms with Crippen molar-refractivity contribution in [3.05, 3.63) is 68.5 Å². The number of fused-ring (bicyclic) bond motifs is 1. The Morgan fingerprint density at radius 2 is 2.00 bits per heavy atom. The van der Waals surface area contributed by atoms with Crippen molar-refractivity contribution in [2.24, 2.45) is 0 Å². The van der Waals surface area contributed by atoms with Gasteiger partial charge in [0, 0.05) is 7.05 Å². The van der Waals surface area contributed by atoms with Gasteiger partial charge in [0.05, 0.1) is 28.0 Å². The lowest BCUT2D eigenvalue weighted by Gasteiger charge is -2.16. The second kappa shape index (κ2) is 7.05. The quantitative estimate of drug-likeness (QED) is 0.571. The number of hydrogen-bond donors (Lipinski definition) is 1. The molecule has 0 saturated carbocycles. The van der Waals surface area contributed by atoms with Crippen LogP contribution in [-0.2, 0) is 6.54 Å². The number of H-pyrrole nitrogens is 1. The summed E-state index contributed by atoms with van der Waals surface area (Å²) in [4.78, 5) is 40.0. The van der Waals surface area contributed by atoms with Crippen LogP contribution in [0.3, 0.4) is 0 Å². The average Bonchev–Trinajstić information content (AvgIpc) is 3.30. The maximum atomic E-state index is 12.9. The summed E-state index contributed by atoms with van der Waals surface area (Å²) in [5.41, 5.74) is 1.12. The lowest BCUT2D eigenvalue weighted by Crippen LogP contribution is -2.28. The highest BCUT2D eigenvalue weighted by atomic mass is 32.1. The molecular formula is C19H16N4O2S2. The Morgan fingerprint density at radius 3 is 2.78 bits per heavy atom. The van der Waals surface area contributed by atoms with Gasteiger partial charge in [-0.25, -0.2) is 9.97 Å². The van der Waals surface area contributed by atoms with Gasteiger partial charge >= 0.3 is 0 Å². The Bertz CT molecular complexity index is 1180. The van der Waals surface area contributed by atoms with Gasteiger partial charge in [0.1, 0.15) is 15.7 Å². The van der Waals surface area contributed by atoms with Crippen molar-refractivity contribution in [2.75, 3.05) is 7.05 Å². The van der Waals surface area contributed by atoms with Crippen molar-refractivity contribution in [3.63, 3.8) is 0 Å². The van der Waals surface area contributed by atoms with E-state index in [-0.39, 0.29) is 18.0 Å². The minimum Gasteiger partial charge on any atom is -0.333 e. The number of thiazole rings is 1. The van der Waals surface area contributed by atoms with Gasteiger partial charge in [0.2, 0.25) is 0 Å². The molecule has 0 unspecified atom stereocenters. The van der Waals surface area contributed by atoms with Gasteiger partial charge in [0.25, 0.3) is 11.5 Å². The van der Waals surface area contributed by atoms with Crippen LogP contribution in [-0.4, -0.2) is 32.8 Å². The number of carbonyl (C=O) groups excluding carboxylic acids is 1. The van der Waals surface area contributed by atoms with E-state index in [0.717, 1.165) is 9.88 Å². The molecule has 6 nitrogen and oxygen atoms in total. The molecule has 0 aliphatic rings. The third kappa shape index (κ3) is 3.41. The van der Waals surface area contributed by atoms with Gasteiger partial charge in [-0.3, -0.25) is 9.59 Å². The van der Waals surface area contributed by atoms with E-state index in [1.807, 2.05) is 30.5 Å². The molecule has 3 aromatic heterocycles. The summed E-state index contributed by atoms with van der Waals surface area (Å²) in [6.07, 6.45) is 0. The van der Waals surface area contributed by atoms with Crippen LogP contribution >= 0.6 is 22.7 Å². The van der Waals surface area contributed by atoms with Gasteiger partial charge in [0.15, 0.2) is 0 Å². The molecule has 0 bridgehead atoms. The number of nitrogens with zero attached hydrogens (tertiary/aromatic N) is 3. The van der Waals surface area contributed by atoms with Crippen LogP contribution < -0.4 is 5.56 Å². The molecule has 0 saturated heterocycles. The Labute approximate surface area is 163 Å². The highest BCUT2D eigenvalue weighted by Gasteiger charge is 2.21. The molecule has 0 aliphatic heterocycles. The minimum atomic E-state index is -0.203. The predicted octanol–water partition coefficient (Wildman–Crippen LogP) is 3.69. The Balaban J connectivity index is 1.59. The SMILES string of the molecule is Cc1nc(-c2cccs2)sc1C(=O)N(C)Cc1nc2ccccc2c(=O)[nH]1. The highest BCUT2D eigenvalue weighted by Crippen LogP contribution is 2.31. The van der Waals surface area contributed by atoms with E-state index in [4.69, 9.17) is 0 Å². The van der Waals surface area contributed by atoms with Crippen LogP contribution in [0.2, 0.25) is 0 Å². The number of nitrogens with one attached hydrogen (secondary N) is 1. The van der Waals surface area contributed by atoms with Crippen molar-refractivity contribution >= 4 is 39.5 Å². The van der Waals surface area contributed by atoms with E-state index in [1.165, 1.54) is 11.3 Å². The van der Waals surface area contributed by atoms with Gasteiger partial charge in [-0.2, -0.15) is 0 Å². The summed E-state index contributed by atoms with van der Waals surface area (Å²) < 4.78 is 0. The lowest BCUT2D eigenvalue weighted by atomic mass is 10.2. The van der Waals surface area contributed by atoms with Crippen LogP contribution in [0.5, 0.6) is 0 Å². The number of aromatic nitrogens is 3. The predicted molar refractivity (Wildman–Crippen MR) is 108 cm³/mol. The smallest absolute Gasteiger partial charge is 0.266 e. The largest absolute Gasteiger partial charge is 0.333 e. The monoisotopic (exact) mass is 396 g/mol. The van der Waals surface area contributed by atoms with Crippen LogP contribution in [0.15, 0.2) is 46.6 Å². The molecule has 4 aromatic rings. The number of thiophene rings is 1. The summed E-state index contributed by atoms with van der Waals surface area (Å²) >= 11 is 2.98. The summed E-state index contributed by atoms with van der Waals surface area (Å²) in [5, 5.41) is 3.37. The zero-order chi connectivity index (χ0) is 19.0. The Hall–Kier alpha value is -2.84. The number of benzene rings is 1.